The van der Waals surface area contributed by atoms with Gasteiger partial charge in [-0.1, -0.05) is 212 Å². The summed E-state index contributed by atoms with van der Waals surface area (Å²) in [6.07, 6.45) is 38.2. The lowest BCUT2D eigenvalue weighted by molar-refractivity contribution is -0.302. The molecule has 0 aromatic rings. The number of ether oxygens (including phenoxy) is 2. The second-order valence-corrected chi connectivity index (χ2v) is 17.3. The van der Waals surface area contributed by atoms with Gasteiger partial charge in [0.2, 0.25) is 5.91 Å². The maximum atomic E-state index is 13.0. The maximum Gasteiger partial charge on any atom is 0.220 e. The van der Waals surface area contributed by atoms with E-state index in [4.69, 9.17) is 9.47 Å². The van der Waals surface area contributed by atoms with E-state index in [2.05, 4.69) is 25.2 Å². The van der Waals surface area contributed by atoms with Gasteiger partial charge in [0, 0.05) is 6.42 Å². The van der Waals surface area contributed by atoms with Gasteiger partial charge in [-0.3, -0.25) is 4.79 Å². The van der Waals surface area contributed by atoms with Crippen LogP contribution in [0, 0.1) is 0 Å². The van der Waals surface area contributed by atoms with E-state index in [1.807, 2.05) is 6.08 Å². The Morgan fingerprint density at radius 2 is 0.982 bits per heavy atom. The zero-order valence-corrected chi connectivity index (χ0v) is 37.1. The summed E-state index contributed by atoms with van der Waals surface area (Å²) < 4.78 is 11.2. The molecule has 0 saturated carbocycles. The van der Waals surface area contributed by atoms with E-state index < -0.39 is 49.5 Å². The Hall–Kier alpha value is -1.07. The number of carbonyl (C=O) groups is 1. The van der Waals surface area contributed by atoms with Crippen molar-refractivity contribution in [1.82, 2.24) is 5.32 Å². The molecule has 6 N–H and O–H groups in total. The van der Waals surface area contributed by atoms with Crippen LogP contribution in [0.4, 0.5) is 0 Å². The quantitative estimate of drug-likeness (QED) is 0.0264. The van der Waals surface area contributed by atoms with Crippen LogP contribution in [0.3, 0.4) is 0 Å². The molecule has 0 aromatic heterocycles. The third-order valence-electron chi connectivity index (χ3n) is 11.9. The Balaban J connectivity index is 2.27. The summed E-state index contributed by atoms with van der Waals surface area (Å²) in [4.78, 5) is 13.0. The monoisotopic (exact) mass is 812 g/mol. The van der Waals surface area contributed by atoms with Crippen LogP contribution in [0.15, 0.2) is 12.2 Å². The lowest BCUT2D eigenvalue weighted by atomic mass is 9.99. The van der Waals surface area contributed by atoms with Crippen LogP contribution in [0.5, 0.6) is 0 Å². The topological polar surface area (TPSA) is 149 Å². The lowest BCUT2D eigenvalue weighted by Crippen LogP contribution is -2.60. The molecule has 57 heavy (non-hydrogen) atoms. The molecule has 0 bridgehead atoms. The largest absolute Gasteiger partial charge is 0.394 e. The van der Waals surface area contributed by atoms with E-state index >= 15 is 0 Å². The van der Waals surface area contributed by atoms with Gasteiger partial charge in [-0.05, 0) is 25.7 Å². The summed E-state index contributed by atoms with van der Waals surface area (Å²) >= 11 is 0. The van der Waals surface area contributed by atoms with Gasteiger partial charge in [0.15, 0.2) is 6.29 Å². The molecule has 0 radical (unpaired) electrons. The zero-order chi connectivity index (χ0) is 41.6. The number of aliphatic hydroxyl groups excluding tert-OH is 5. The lowest BCUT2D eigenvalue weighted by Gasteiger charge is -2.40. The second kappa shape index (κ2) is 39.1. The molecule has 1 saturated heterocycles. The van der Waals surface area contributed by atoms with E-state index in [-0.39, 0.29) is 12.5 Å². The van der Waals surface area contributed by atoms with Crippen molar-refractivity contribution in [2.45, 2.75) is 275 Å². The fraction of sp³-hybridized carbons (Fsp3) is 0.938. The van der Waals surface area contributed by atoms with E-state index in [9.17, 15) is 30.3 Å². The molecular formula is C48H93NO8. The summed E-state index contributed by atoms with van der Waals surface area (Å²) in [5.41, 5.74) is 0. The standard InChI is InChI=1S/C48H93NO8/c1-3-5-7-9-11-13-15-17-18-19-20-21-22-23-24-26-28-30-32-34-36-38-44(52)49-41(40-56-48-47(55)46(54)45(53)43(39-50)57-48)42(51)37-35-33-31-29-27-25-16-14-12-10-8-6-4-2/h33,35,41-43,45-48,50-51,53-55H,3-32,34,36-40H2,1-2H3,(H,49,52)/t41-,42+,43+,45+,46?,47?,48+/m0/s1. The number of rotatable bonds is 41. The molecule has 1 rings (SSSR count). The second-order valence-electron chi connectivity index (χ2n) is 17.3. The summed E-state index contributed by atoms with van der Waals surface area (Å²) in [5, 5.41) is 54.3. The van der Waals surface area contributed by atoms with Crippen LogP contribution in [0.1, 0.15) is 232 Å². The number of amides is 1. The molecule has 1 aliphatic rings. The van der Waals surface area contributed by atoms with Crippen molar-refractivity contribution in [3.8, 4) is 0 Å². The van der Waals surface area contributed by atoms with E-state index in [0.29, 0.717) is 12.8 Å². The third-order valence-corrected chi connectivity index (χ3v) is 11.9. The Labute approximate surface area is 350 Å². The van der Waals surface area contributed by atoms with Crippen LogP contribution in [0.25, 0.3) is 0 Å². The zero-order valence-electron chi connectivity index (χ0n) is 37.1. The first-order chi connectivity index (χ1) is 27.8. The average Bonchev–Trinajstić information content (AvgIpc) is 3.21. The highest BCUT2D eigenvalue weighted by Crippen LogP contribution is 2.23. The van der Waals surface area contributed by atoms with Crippen molar-refractivity contribution in [2.75, 3.05) is 13.2 Å². The molecule has 7 atom stereocenters. The molecule has 9 heteroatoms. The van der Waals surface area contributed by atoms with Gasteiger partial charge in [0.1, 0.15) is 24.4 Å². The fourth-order valence-corrected chi connectivity index (χ4v) is 7.92. The van der Waals surface area contributed by atoms with Gasteiger partial charge in [-0.2, -0.15) is 0 Å². The molecule has 1 aliphatic heterocycles. The number of carbonyl (C=O) groups excluding carboxylic acids is 1. The summed E-state index contributed by atoms with van der Waals surface area (Å²) in [6.45, 7) is 3.81. The first-order valence-corrected chi connectivity index (χ1v) is 24.4. The van der Waals surface area contributed by atoms with Crippen LogP contribution in [0.2, 0.25) is 0 Å². The summed E-state index contributed by atoms with van der Waals surface area (Å²) in [6, 6.07) is -0.762. The van der Waals surface area contributed by atoms with Crippen molar-refractivity contribution < 1.29 is 39.8 Å². The normalized spacial score (nSPS) is 21.0. The van der Waals surface area contributed by atoms with Crippen molar-refractivity contribution in [3.63, 3.8) is 0 Å². The molecule has 0 aromatic carbocycles. The molecular weight excluding hydrogens is 719 g/mol. The predicted octanol–water partition coefficient (Wildman–Crippen LogP) is 10.5. The van der Waals surface area contributed by atoms with Crippen molar-refractivity contribution in [3.05, 3.63) is 12.2 Å². The van der Waals surface area contributed by atoms with Crippen molar-refractivity contribution in [2.24, 2.45) is 0 Å². The molecule has 1 amide bonds. The fourth-order valence-electron chi connectivity index (χ4n) is 7.92. The van der Waals surface area contributed by atoms with Crippen LogP contribution in [-0.4, -0.2) is 87.5 Å². The number of hydrogen-bond acceptors (Lipinski definition) is 8. The SMILES string of the molecule is CCCCCCCCCCCCC=CC[C@@H](O)[C@H](CO[C@@H]1O[C@H](CO)[C@@H](O)C(O)C1O)NC(=O)CCCCCCCCCCCCCCCCCCCCCCC. The number of nitrogens with one attached hydrogen (secondary N) is 1. The highest BCUT2D eigenvalue weighted by Gasteiger charge is 2.44. The van der Waals surface area contributed by atoms with Gasteiger partial charge < -0.3 is 40.3 Å². The van der Waals surface area contributed by atoms with Crippen molar-refractivity contribution >= 4 is 5.91 Å². The minimum absolute atomic E-state index is 0.163. The van der Waals surface area contributed by atoms with Gasteiger partial charge in [0.25, 0.3) is 0 Å². The average molecular weight is 812 g/mol. The predicted molar refractivity (Wildman–Crippen MR) is 235 cm³/mol. The Morgan fingerprint density at radius 3 is 1.40 bits per heavy atom. The summed E-state index contributed by atoms with van der Waals surface area (Å²) in [7, 11) is 0. The van der Waals surface area contributed by atoms with E-state index in [1.165, 1.54) is 173 Å². The maximum absolute atomic E-state index is 13.0. The van der Waals surface area contributed by atoms with Gasteiger partial charge in [0.05, 0.1) is 25.4 Å². The highest BCUT2D eigenvalue weighted by atomic mass is 16.7. The molecule has 0 aliphatic carbocycles. The Bertz CT molecular complexity index is 904. The van der Waals surface area contributed by atoms with Gasteiger partial charge >= 0.3 is 0 Å². The molecule has 2 unspecified atom stereocenters. The molecule has 0 spiro atoms. The highest BCUT2D eigenvalue weighted by molar-refractivity contribution is 5.76. The van der Waals surface area contributed by atoms with Crippen LogP contribution < -0.4 is 5.32 Å². The van der Waals surface area contributed by atoms with E-state index in [1.54, 1.807) is 0 Å². The number of allylic oxidation sites excluding steroid dienone is 1. The van der Waals surface area contributed by atoms with Crippen LogP contribution >= 0.6 is 0 Å². The molecule has 1 heterocycles. The Morgan fingerprint density at radius 1 is 0.579 bits per heavy atom. The minimum atomic E-state index is -1.56. The number of hydrogen-bond donors (Lipinski definition) is 6. The summed E-state index contributed by atoms with van der Waals surface area (Å²) in [5.74, 6) is -0.163. The molecule has 338 valence electrons. The van der Waals surface area contributed by atoms with E-state index in [0.717, 1.165) is 32.1 Å². The number of aliphatic hydroxyl groups is 5. The Kier molecular flexibility index (Phi) is 37.0. The minimum Gasteiger partial charge on any atom is -0.394 e. The first-order valence-electron chi connectivity index (χ1n) is 24.4. The van der Waals surface area contributed by atoms with Crippen molar-refractivity contribution in [1.29, 1.82) is 0 Å². The van der Waals surface area contributed by atoms with Crippen LogP contribution in [-0.2, 0) is 14.3 Å². The van der Waals surface area contributed by atoms with Gasteiger partial charge in [-0.15, -0.1) is 0 Å². The molecule has 1 fully saturated rings. The smallest absolute Gasteiger partial charge is 0.220 e. The van der Waals surface area contributed by atoms with Gasteiger partial charge in [-0.25, -0.2) is 0 Å². The third kappa shape index (κ3) is 29.7. The first kappa shape index (κ1) is 53.9. The molecule has 9 nitrogen and oxygen atoms in total. The number of unbranched alkanes of at least 4 members (excludes halogenated alkanes) is 30.